The van der Waals surface area contributed by atoms with E-state index in [1.807, 2.05) is 31.2 Å². The highest BCUT2D eigenvalue weighted by atomic mass is 19.4. The molecule has 11 heteroatoms. The highest BCUT2D eigenvalue weighted by Crippen LogP contribution is 2.28. The maximum atomic E-state index is 12.6. The lowest BCUT2D eigenvalue weighted by atomic mass is 9.96. The summed E-state index contributed by atoms with van der Waals surface area (Å²) in [6, 6.07) is 7.83. The van der Waals surface area contributed by atoms with Gasteiger partial charge in [-0.2, -0.15) is 13.2 Å². The van der Waals surface area contributed by atoms with Crippen molar-refractivity contribution in [2.75, 3.05) is 13.1 Å². The first-order chi connectivity index (χ1) is 14.2. The highest BCUT2D eigenvalue weighted by Gasteiger charge is 2.43. The zero-order valence-electron chi connectivity index (χ0n) is 16.1. The molecule has 1 fully saturated rings. The quantitative estimate of drug-likeness (QED) is 0.700. The molecule has 1 amide bonds. The van der Waals surface area contributed by atoms with Gasteiger partial charge in [0.1, 0.15) is 5.82 Å². The summed E-state index contributed by atoms with van der Waals surface area (Å²) in [5.74, 6) is -1.72. The first-order valence-electron chi connectivity index (χ1n) is 9.47. The number of likely N-dealkylation sites (tertiary alicyclic amines) is 1. The van der Waals surface area contributed by atoms with E-state index in [0.717, 1.165) is 16.0 Å². The fraction of sp³-hybridized carbons (Fsp3) is 0.421. The lowest BCUT2D eigenvalue weighted by Crippen LogP contribution is -2.45. The lowest BCUT2D eigenvalue weighted by molar-refractivity contribution is -0.186. The maximum Gasteiger partial charge on any atom is 0.471 e. The van der Waals surface area contributed by atoms with Crippen LogP contribution in [0.5, 0.6) is 0 Å². The number of amides is 1. The zero-order valence-corrected chi connectivity index (χ0v) is 16.1. The molecule has 1 N–H and O–H groups in total. The summed E-state index contributed by atoms with van der Waals surface area (Å²) in [6.45, 7) is 2.26. The number of hydrogen-bond acceptors (Lipinski definition) is 5. The average Bonchev–Trinajstić information content (AvgIpc) is 3.12. The molecule has 0 aliphatic carbocycles. The van der Waals surface area contributed by atoms with E-state index in [1.165, 1.54) is 4.68 Å². The van der Waals surface area contributed by atoms with Crippen molar-refractivity contribution in [2.24, 2.45) is 0 Å². The molecular formula is C19H19F3N6O2. The van der Waals surface area contributed by atoms with E-state index in [1.54, 1.807) is 0 Å². The minimum absolute atomic E-state index is 0.0500. The minimum Gasteiger partial charge on any atom is -0.335 e. The molecule has 0 spiro atoms. The number of H-pyrrole nitrogens is 1. The fourth-order valence-electron chi connectivity index (χ4n) is 3.58. The van der Waals surface area contributed by atoms with Crippen LogP contribution in [-0.2, 0) is 11.3 Å². The number of piperidine rings is 1. The summed E-state index contributed by atoms with van der Waals surface area (Å²) in [5, 5.41) is 7.94. The van der Waals surface area contributed by atoms with Crippen LogP contribution >= 0.6 is 0 Å². The van der Waals surface area contributed by atoms with Crippen LogP contribution < -0.4 is 5.56 Å². The first-order valence-corrected chi connectivity index (χ1v) is 9.47. The van der Waals surface area contributed by atoms with Crippen LogP contribution in [0.3, 0.4) is 0 Å². The molecule has 0 atom stereocenters. The molecule has 3 heterocycles. The Kier molecular flexibility index (Phi) is 5.04. The Labute approximate surface area is 168 Å². The summed E-state index contributed by atoms with van der Waals surface area (Å²) in [6.07, 6.45) is -4.34. The van der Waals surface area contributed by atoms with E-state index in [-0.39, 0.29) is 37.4 Å². The van der Waals surface area contributed by atoms with Gasteiger partial charge in [-0.1, -0.05) is 35.0 Å². The Morgan fingerprint density at radius 1 is 1.20 bits per heavy atom. The number of hydrogen-bond donors (Lipinski definition) is 1. The second-order valence-electron chi connectivity index (χ2n) is 7.42. The van der Waals surface area contributed by atoms with E-state index >= 15 is 0 Å². The number of alkyl halides is 3. The molecule has 1 aliphatic heterocycles. The number of rotatable bonds is 3. The van der Waals surface area contributed by atoms with Gasteiger partial charge in [-0.3, -0.25) is 9.59 Å². The number of nitrogens with zero attached hydrogens (tertiary/aromatic N) is 5. The average molecular weight is 420 g/mol. The van der Waals surface area contributed by atoms with Crippen molar-refractivity contribution >= 4 is 17.1 Å². The summed E-state index contributed by atoms with van der Waals surface area (Å²) < 4.78 is 39.4. The topological polar surface area (TPSA) is 96.8 Å². The maximum absolute atomic E-state index is 12.6. The predicted molar refractivity (Wildman–Crippen MR) is 101 cm³/mol. The molecule has 8 nitrogen and oxygen atoms in total. The van der Waals surface area contributed by atoms with E-state index in [9.17, 15) is 22.8 Å². The first kappa shape index (κ1) is 20.0. The summed E-state index contributed by atoms with van der Waals surface area (Å²) in [4.78, 5) is 31.8. The molecular weight excluding hydrogens is 401 g/mol. The molecule has 1 saturated heterocycles. The summed E-state index contributed by atoms with van der Waals surface area (Å²) in [5.41, 5.74) is 2.07. The van der Waals surface area contributed by atoms with Gasteiger partial charge in [0.05, 0.1) is 6.54 Å². The lowest BCUT2D eigenvalue weighted by Gasteiger charge is -2.31. The molecule has 1 aromatic carbocycles. The van der Waals surface area contributed by atoms with Crippen LogP contribution in [0.2, 0.25) is 0 Å². The number of aromatic nitrogens is 5. The van der Waals surface area contributed by atoms with Gasteiger partial charge in [-0.15, -0.1) is 5.10 Å². The van der Waals surface area contributed by atoms with Crippen molar-refractivity contribution in [3.63, 3.8) is 0 Å². The van der Waals surface area contributed by atoms with Crippen molar-refractivity contribution in [3.05, 3.63) is 51.6 Å². The molecule has 0 unspecified atom stereocenters. The van der Waals surface area contributed by atoms with Gasteiger partial charge in [0.25, 0.3) is 5.56 Å². The van der Waals surface area contributed by atoms with Crippen LogP contribution in [0, 0.1) is 6.92 Å². The van der Waals surface area contributed by atoms with E-state index < -0.39 is 17.6 Å². The number of benzene rings is 1. The van der Waals surface area contributed by atoms with E-state index in [0.29, 0.717) is 18.0 Å². The molecule has 0 bridgehead atoms. The Morgan fingerprint density at radius 3 is 2.50 bits per heavy atom. The van der Waals surface area contributed by atoms with Gasteiger partial charge in [-0.05, 0) is 25.3 Å². The van der Waals surface area contributed by atoms with Gasteiger partial charge in [0.15, 0.2) is 11.2 Å². The van der Waals surface area contributed by atoms with Crippen LogP contribution in [0.25, 0.3) is 11.2 Å². The second-order valence-corrected chi connectivity index (χ2v) is 7.42. The molecule has 2 aromatic heterocycles. The Balaban J connectivity index is 1.56. The standard InChI is InChI=1S/C19H19F3N6O2/c1-11-2-4-12(5-3-11)10-28-16-14(25-26-28)17(29)24-15(23-16)13-6-8-27(9-7-13)18(30)19(20,21)22/h2-5,13H,6-10H2,1H3,(H,23,24,29). The zero-order chi connectivity index (χ0) is 21.5. The molecule has 3 aromatic rings. The SMILES string of the molecule is Cc1ccc(Cn2nnc3c(=O)[nH]c(C4CCN(C(=O)C(F)(F)F)CC4)nc32)cc1. The third kappa shape index (κ3) is 3.91. The number of carbonyl (C=O) groups is 1. The van der Waals surface area contributed by atoms with Gasteiger partial charge in [0.2, 0.25) is 0 Å². The van der Waals surface area contributed by atoms with Crippen LogP contribution in [0.1, 0.15) is 35.7 Å². The van der Waals surface area contributed by atoms with Crippen LogP contribution in [-0.4, -0.2) is 55.0 Å². The number of aryl methyl sites for hydroxylation is 1. The second kappa shape index (κ2) is 7.54. The summed E-state index contributed by atoms with van der Waals surface area (Å²) in [7, 11) is 0. The number of carbonyl (C=O) groups excluding carboxylic acids is 1. The van der Waals surface area contributed by atoms with Gasteiger partial charge >= 0.3 is 12.1 Å². The molecule has 30 heavy (non-hydrogen) atoms. The molecule has 4 rings (SSSR count). The Morgan fingerprint density at radius 2 is 1.87 bits per heavy atom. The number of fused-ring (bicyclic) bond motifs is 1. The Bertz CT molecular complexity index is 1130. The summed E-state index contributed by atoms with van der Waals surface area (Å²) >= 11 is 0. The van der Waals surface area contributed by atoms with Crippen molar-refractivity contribution in [1.29, 1.82) is 0 Å². The smallest absolute Gasteiger partial charge is 0.335 e. The van der Waals surface area contributed by atoms with Crippen LogP contribution in [0.15, 0.2) is 29.1 Å². The number of halogens is 3. The third-order valence-corrected chi connectivity index (χ3v) is 5.26. The van der Waals surface area contributed by atoms with Crippen molar-refractivity contribution in [1.82, 2.24) is 29.9 Å². The normalized spacial score (nSPS) is 15.7. The molecule has 1 aliphatic rings. The van der Waals surface area contributed by atoms with Crippen molar-refractivity contribution in [2.45, 2.75) is 38.4 Å². The van der Waals surface area contributed by atoms with E-state index in [2.05, 4.69) is 20.3 Å². The van der Waals surface area contributed by atoms with Crippen molar-refractivity contribution < 1.29 is 18.0 Å². The van der Waals surface area contributed by atoms with Gasteiger partial charge in [0, 0.05) is 19.0 Å². The highest BCUT2D eigenvalue weighted by molar-refractivity contribution is 5.82. The number of nitrogens with one attached hydrogen (secondary N) is 1. The monoisotopic (exact) mass is 420 g/mol. The molecule has 0 saturated carbocycles. The largest absolute Gasteiger partial charge is 0.471 e. The Hall–Kier alpha value is -3.24. The third-order valence-electron chi connectivity index (χ3n) is 5.26. The predicted octanol–water partition coefficient (Wildman–Crippen LogP) is 2.14. The molecule has 158 valence electrons. The van der Waals surface area contributed by atoms with Crippen LogP contribution in [0.4, 0.5) is 13.2 Å². The van der Waals surface area contributed by atoms with E-state index in [4.69, 9.17) is 0 Å². The van der Waals surface area contributed by atoms with Gasteiger partial charge in [-0.25, -0.2) is 9.67 Å². The van der Waals surface area contributed by atoms with Gasteiger partial charge < -0.3 is 9.88 Å². The number of aromatic amines is 1. The minimum atomic E-state index is -4.88. The molecule has 0 radical (unpaired) electrons. The fourth-order valence-corrected chi connectivity index (χ4v) is 3.58. The van der Waals surface area contributed by atoms with Crippen molar-refractivity contribution in [3.8, 4) is 0 Å².